The molecule has 9 heteroatoms. The first kappa shape index (κ1) is 15.8. The molecule has 0 saturated carbocycles. The number of aromatic nitrogens is 2. The van der Waals surface area contributed by atoms with Crippen LogP contribution in [0, 0.1) is 0 Å². The van der Waals surface area contributed by atoms with E-state index in [1.165, 1.54) is 14.2 Å². The van der Waals surface area contributed by atoms with Gasteiger partial charge in [-0.2, -0.15) is 0 Å². The summed E-state index contributed by atoms with van der Waals surface area (Å²) >= 11 is 9.57. The second kappa shape index (κ2) is 5.83. The average Bonchev–Trinajstić information content (AvgIpc) is 3.12. The number of fused-ring (bicyclic) bond motifs is 1. The monoisotopic (exact) mass is 404 g/mol. The van der Waals surface area contributed by atoms with E-state index in [4.69, 9.17) is 25.1 Å². The SMILES string of the molecule is COP(=O)(OC)c1oc(-c2ccc3nc[nH]c3c2)c(Cl)c1Br. The van der Waals surface area contributed by atoms with Crippen LogP contribution in [-0.4, -0.2) is 24.2 Å². The van der Waals surface area contributed by atoms with Crippen molar-refractivity contribution in [2.75, 3.05) is 14.2 Å². The molecule has 2 heterocycles. The van der Waals surface area contributed by atoms with Gasteiger partial charge in [-0.1, -0.05) is 11.6 Å². The lowest BCUT2D eigenvalue weighted by molar-refractivity contribution is 0.281. The molecular formula is C13H11BrClN2O4P. The zero-order chi connectivity index (χ0) is 15.9. The van der Waals surface area contributed by atoms with Gasteiger partial charge in [0.05, 0.1) is 21.8 Å². The molecule has 0 aliphatic carbocycles. The van der Waals surface area contributed by atoms with Crippen LogP contribution in [-0.2, 0) is 13.6 Å². The van der Waals surface area contributed by atoms with E-state index in [0.29, 0.717) is 20.8 Å². The van der Waals surface area contributed by atoms with Crippen molar-refractivity contribution in [2.24, 2.45) is 0 Å². The van der Waals surface area contributed by atoms with E-state index in [9.17, 15) is 4.57 Å². The minimum absolute atomic E-state index is 0.0298. The molecule has 0 spiro atoms. The van der Waals surface area contributed by atoms with E-state index < -0.39 is 7.60 Å². The Morgan fingerprint density at radius 2 is 2.09 bits per heavy atom. The third kappa shape index (κ3) is 2.43. The molecule has 116 valence electrons. The average molecular weight is 406 g/mol. The van der Waals surface area contributed by atoms with Gasteiger partial charge in [0.2, 0.25) is 5.50 Å². The van der Waals surface area contributed by atoms with Gasteiger partial charge in [-0.05, 0) is 34.1 Å². The summed E-state index contributed by atoms with van der Waals surface area (Å²) in [5.41, 5.74) is 2.41. The standard InChI is InChI=1S/C13H11BrClN2O4P/c1-19-22(18,20-2)13-10(14)11(15)12(21-13)7-3-4-8-9(5-7)17-6-16-8/h3-6H,1-2H3,(H,16,17). The molecule has 22 heavy (non-hydrogen) atoms. The first-order valence-corrected chi connectivity index (χ1v) is 8.85. The van der Waals surface area contributed by atoms with Crippen molar-refractivity contribution >= 4 is 51.7 Å². The lowest BCUT2D eigenvalue weighted by Gasteiger charge is -2.10. The summed E-state index contributed by atoms with van der Waals surface area (Å²) in [6, 6.07) is 5.49. The Labute approximate surface area is 139 Å². The number of nitrogens with one attached hydrogen (secondary N) is 1. The van der Waals surface area contributed by atoms with Crippen LogP contribution in [0.1, 0.15) is 0 Å². The van der Waals surface area contributed by atoms with Crippen molar-refractivity contribution < 1.29 is 18.0 Å². The summed E-state index contributed by atoms with van der Waals surface area (Å²) in [7, 11) is -0.990. The molecule has 1 N–H and O–H groups in total. The number of benzene rings is 1. The molecule has 0 fully saturated rings. The van der Waals surface area contributed by atoms with Crippen LogP contribution in [0.3, 0.4) is 0 Å². The highest BCUT2D eigenvalue weighted by molar-refractivity contribution is 9.10. The summed E-state index contributed by atoms with van der Waals surface area (Å²) in [5, 5.41) is 0.295. The molecule has 0 saturated heterocycles. The zero-order valence-corrected chi connectivity index (χ0v) is 14.8. The van der Waals surface area contributed by atoms with E-state index >= 15 is 0 Å². The van der Waals surface area contributed by atoms with Gasteiger partial charge < -0.3 is 18.4 Å². The van der Waals surface area contributed by atoms with Crippen LogP contribution >= 0.6 is 35.1 Å². The first-order valence-electron chi connectivity index (χ1n) is 6.13. The maximum atomic E-state index is 12.5. The van der Waals surface area contributed by atoms with Gasteiger partial charge in [-0.15, -0.1) is 0 Å². The number of halogens is 2. The Morgan fingerprint density at radius 3 is 2.77 bits per heavy atom. The Bertz CT molecular complexity index is 883. The van der Waals surface area contributed by atoms with E-state index in [-0.39, 0.29) is 5.50 Å². The third-order valence-electron chi connectivity index (χ3n) is 3.19. The molecule has 3 rings (SSSR count). The molecule has 0 aliphatic rings. The largest absolute Gasteiger partial charge is 0.445 e. The highest BCUT2D eigenvalue weighted by Crippen LogP contribution is 2.51. The summed E-state index contributed by atoms with van der Waals surface area (Å²) in [5.74, 6) is 0.370. The molecule has 0 aliphatic heterocycles. The van der Waals surface area contributed by atoms with Gasteiger partial charge in [0, 0.05) is 19.8 Å². The van der Waals surface area contributed by atoms with Crippen LogP contribution in [0.25, 0.3) is 22.4 Å². The molecule has 0 amide bonds. The molecule has 2 aromatic heterocycles. The lowest BCUT2D eigenvalue weighted by Crippen LogP contribution is -2.06. The topological polar surface area (TPSA) is 77.3 Å². The van der Waals surface area contributed by atoms with E-state index in [1.54, 1.807) is 6.33 Å². The van der Waals surface area contributed by atoms with Crippen LogP contribution in [0.2, 0.25) is 5.02 Å². The normalized spacial score (nSPS) is 12.2. The number of furan rings is 1. The number of rotatable bonds is 4. The van der Waals surface area contributed by atoms with Crippen LogP contribution in [0.5, 0.6) is 0 Å². The predicted molar refractivity (Wildman–Crippen MR) is 87.8 cm³/mol. The Hall–Kier alpha value is -1.11. The summed E-state index contributed by atoms with van der Waals surface area (Å²) in [6.07, 6.45) is 1.60. The molecule has 3 aromatic rings. The first-order chi connectivity index (χ1) is 10.5. The van der Waals surface area contributed by atoms with Crippen molar-refractivity contribution in [3.8, 4) is 11.3 Å². The smallest absolute Gasteiger partial charge is 0.397 e. The van der Waals surface area contributed by atoms with E-state index in [0.717, 1.165) is 11.0 Å². The highest BCUT2D eigenvalue weighted by atomic mass is 79.9. The maximum absolute atomic E-state index is 12.5. The zero-order valence-electron chi connectivity index (χ0n) is 11.6. The highest BCUT2D eigenvalue weighted by Gasteiger charge is 2.35. The fourth-order valence-corrected chi connectivity index (χ4v) is 4.31. The van der Waals surface area contributed by atoms with E-state index in [2.05, 4.69) is 25.9 Å². The van der Waals surface area contributed by atoms with Crippen LogP contribution in [0.4, 0.5) is 0 Å². The molecular weight excluding hydrogens is 394 g/mol. The van der Waals surface area contributed by atoms with E-state index in [1.807, 2.05) is 18.2 Å². The Kier molecular flexibility index (Phi) is 4.18. The fourth-order valence-electron chi connectivity index (χ4n) is 2.06. The van der Waals surface area contributed by atoms with Crippen molar-refractivity contribution in [1.29, 1.82) is 0 Å². The summed E-state index contributed by atoms with van der Waals surface area (Å²) < 4.78 is 28.4. The molecule has 0 atom stereocenters. The van der Waals surface area contributed by atoms with Crippen LogP contribution in [0.15, 0.2) is 33.4 Å². The van der Waals surface area contributed by atoms with Gasteiger partial charge in [0.1, 0.15) is 5.02 Å². The van der Waals surface area contributed by atoms with Gasteiger partial charge in [0.25, 0.3) is 0 Å². The minimum Gasteiger partial charge on any atom is -0.445 e. The predicted octanol–water partition coefficient (Wildman–Crippen LogP) is 4.35. The maximum Gasteiger partial charge on any atom is 0.397 e. The van der Waals surface area contributed by atoms with Gasteiger partial charge in [-0.25, -0.2) is 4.98 Å². The second-order valence-corrected chi connectivity index (χ2v) is 7.66. The van der Waals surface area contributed by atoms with Crippen molar-refractivity contribution in [3.05, 3.63) is 34.0 Å². The van der Waals surface area contributed by atoms with Gasteiger partial charge in [0.15, 0.2) is 5.76 Å². The number of hydrogen-bond donors (Lipinski definition) is 1. The number of hydrogen-bond acceptors (Lipinski definition) is 5. The van der Waals surface area contributed by atoms with Crippen molar-refractivity contribution in [2.45, 2.75) is 0 Å². The summed E-state index contributed by atoms with van der Waals surface area (Å²) in [4.78, 5) is 7.16. The molecule has 0 unspecified atom stereocenters. The lowest BCUT2D eigenvalue weighted by atomic mass is 10.1. The molecule has 0 bridgehead atoms. The van der Waals surface area contributed by atoms with Crippen LogP contribution < -0.4 is 5.50 Å². The quantitative estimate of drug-likeness (QED) is 0.653. The molecule has 0 radical (unpaired) electrons. The minimum atomic E-state index is -3.55. The molecule has 6 nitrogen and oxygen atoms in total. The number of aromatic amines is 1. The van der Waals surface area contributed by atoms with Gasteiger partial charge >= 0.3 is 7.60 Å². The number of imidazole rings is 1. The number of nitrogens with zero attached hydrogens (tertiary/aromatic N) is 1. The Morgan fingerprint density at radius 1 is 1.36 bits per heavy atom. The van der Waals surface area contributed by atoms with Crippen molar-refractivity contribution in [1.82, 2.24) is 9.97 Å². The third-order valence-corrected chi connectivity index (χ3v) is 6.62. The summed E-state index contributed by atoms with van der Waals surface area (Å²) in [6.45, 7) is 0. The Balaban J connectivity index is 2.17. The van der Waals surface area contributed by atoms with Crippen molar-refractivity contribution in [3.63, 3.8) is 0 Å². The fraction of sp³-hybridized carbons (Fsp3) is 0.154. The second-order valence-electron chi connectivity index (χ2n) is 4.36. The number of H-pyrrole nitrogens is 1. The molecule has 1 aromatic carbocycles. The van der Waals surface area contributed by atoms with Gasteiger partial charge in [-0.3, -0.25) is 4.57 Å².